The average molecular weight is 320 g/mol. The van der Waals surface area contributed by atoms with Gasteiger partial charge in [-0.1, -0.05) is 31.4 Å². The number of unbranched alkanes of at least 4 members (excludes halogenated alkanes) is 2. The van der Waals surface area contributed by atoms with Gasteiger partial charge >= 0.3 is 5.97 Å². The molecule has 21 heavy (non-hydrogen) atoms. The van der Waals surface area contributed by atoms with Crippen LogP contribution < -0.4 is 11.5 Å². The number of nitrogens with zero attached hydrogens (tertiary/aromatic N) is 2. The van der Waals surface area contributed by atoms with Crippen LogP contribution in [0.4, 0.5) is 0 Å². The Balaban J connectivity index is 4.40. The standard InChI is InChI=1S/C13H24ClN4O3/c1-2-3-4-6-10(14)9-18(21)11(12(19)20)7-5-8-17-13(15)16/h9,11H,2-8H2,1H3,(H,19,20)(H4,15,16,17)/q-1/b10-9+/t11-/m0/s1. The van der Waals surface area contributed by atoms with Gasteiger partial charge in [0.1, 0.15) is 6.04 Å². The molecule has 1 atom stereocenters. The molecule has 0 radical (unpaired) electrons. The van der Waals surface area contributed by atoms with Crippen molar-refractivity contribution >= 4 is 23.5 Å². The quantitative estimate of drug-likeness (QED) is 0.231. The molecule has 0 saturated heterocycles. The lowest BCUT2D eigenvalue weighted by molar-refractivity contribution is -0.141. The molecule has 0 aromatic heterocycles. The summed E-state index contributed by atoms with van der Waals surface area (Å²) < 4.78 is 0. The van der Waals surface area contributed by atoms with Gasteiger partial charge in [-0.15, -0.1) is 0 Å². The highest BCUT2D eigenvalue weighted by Gasteiger charge is 2.17. The Morgan fingerprint density at radius 1 is 1.43 bits per heavy atom. The van der Waals surface area contributed by atoms with Gasteiger partial charge in [-0.3, -0.25) is 9.79 Å². The van der Waals surface area contributed by atoms with Crippen molar-refractivity contribution in [2.24, 2.45) is 16.5 Å². The molecule has 0 aliphatic heterocycles. The average Bonchev–Trinajstić information content (AvgIpc) is 2.37. The van der Waals surface area contributed by atoms with Crippen LogP contribution in [0.2, 0.25) is 0 Å². The smallest absolute Gasteiger partial charge is 0.325 e. The number of rotatable bonds is 11. The first kappa shape index (κ1) is 19.5. The summed E-state index contributed by atoms with van der Waals surface area (Å²) in [6.45, 7) is 2.35. The fourth-order valence-electron chi connectivity index (χ4n) is 1.69. The van der Waals surface area contributed by atoms with E-state index in [4.69, 9.17) is 28.2 Å². The summed E-state index contributed by atoms with van der Waals surface area (Å²) in [5.74, 6) is -1.25. The second-order valence-corrected chi connectivity index (χ2v) is 5.18. The van der Waals surface area contributed by atoms with Gasteiger partial charge in [0.05, 0.1) is 0 Å². The molecule has 0 unspecified atom stereocenters. The molecule has 7 nitrogen and oxygen atoms in total. The number of carboxylic acid groups (broad SMARTS) is 1. The van der Waals surface area contributed by atoms with Crippen molar-refractivity contribution in [2.45, 2.75) is 51.5 Å². The van der Waals surface area contributed by atoms with Crippen molar-refractivity contribution in [1.82, 2.24) is 5.06 Å². The Labute approximate surface area is 130 Å². The van der Waals surface area contributed by atoms with E-state index in [9.17, 15) is 10.0 Å². The van der Waals surface area contributed by atoms with Crippen LogP contribution in [0, 0.1) is 5.21 Å². The van der Waals surface area contributed by atoms with E-state index in [1.54, 1.807) is 0 Å². The first-order chi connectivity index (χ1) is 9.88. The minimum atomic E-state index is -1.19. The summed E-state index contributed by atoms with van der Waals surface area (Å²) in [5, 5.41) is 21.7. The number of hydrogen-bond donors (Lipinski definition) is 3. The van der Waals surface area contributed by atoms with E-state index in [1.807, 2.05) is 0 Å². The van der Waals surface area contributed by atoms with Crippen LogP contribution in [0.25, 0.3) is 0 Å². The number of guanidine groups is 1. The molecule has 0 aromatic rings. The molecule has 0 rings (SSSR count). The molecular weight excluding hydrogens is 296 g/mol. The molecule has 0 amide bonds. The summed E-state index contributed by atoms with van der Waals surface area (Å²) in [4.78, 5) is 14.9. The third-order valence-electron chi connectivity index (χ3n) is 2.81. The number of carboxylic acids is 1. The van der Waals surface area contributed by atoms with E-state index in [-0.39, 0.29) is 18.9 Å². The SMILES string of the molecule is CCCCC/C(Cl)=C\N([O-])[C@@H](CCCN=C(N)N)C(=O)O. The molecule has 0 aromatic carbocycles. The second-order valence-electron chi connectivity index (χ2n) is 4.70. The Morgan fingerprint density at radius 3 is 2.62 bits per heavy atom. The minimum absolute atomic E-state index is 0.0558. The van der Waals surface area contributed by atoms with E-state index in [2.05, 4.69) is 11.9 Å². The third kappa shape index (κ3) is 9.97. The molecule has 0 aliphatic rings. The van der Waals surface area contributed by atoms with Crippen molar-refractivity contribution in [3.8, 4) is 0 Å². The summed E-state index contributed by atoms with van der Waals surface area (Å²) in [7, 11) is 0. The van der Waals surface area contributed by atoms with E-state index in [0.29, 0.717) is 22.9 Å². The molecule has 0 bridgehead atoms. The van der Waals surface area contributed by atoms with Gasteiger partial charge in [-0.2, -0.15) is 0 Å². The number of aliphatic carboxylic acids is 1. The van der Waals surface area contributed by atoms with Crippen LogP contribution in [-0.4, -0.2) is 34.7 Å². The maximum Gasteiger partial charge on any atom is 0.325 e. The fourth-order valence-corrected chi connectivity index (χ4v) is 1.92. The van der Waals surface area contributed by atoms with Crippen molar-refractivity contribution < 1.29 is 9.90 Å². The van der Waals surface area contributed by atoms with E-state index < -0.39 is 12.0 Å². The number of hydrogen-bond acceptors (Lipinski definition) is 4. The fraction of sp³-hybridized carbons (Fsp3) is 0.692. The Bertz CT molecular complexity index is 370. The topological polar surface area (TPSA) is 128 Å². The van der Waals surface area contributed by atoms with Crippen LogP contribution in [0.5, 0.6) is 0 Å². The molecular formula is C13H24ClN4O3-. The Hall–Kier alpha value is -1.47. The van der Waals surface area contributed by atoms with Gasteiger partial charge in [-0.25, -0.2) is 0 Å². The van der Waals surface area contributed by atoms with Crippen LogP contribution in [0.3, 0.4) is 0 Å². The predicted octanol–water partition coefficient (Wildman–Crippen LogP) is 1.95. The lowest BCUT2D eigenvalue weighted by Crippen LogP contribution is -2.34. The van der Waals surface area contributed by atoms with Crippen LogP contribution in [0.1, 0.15) is 45.4 Å². The monoisotopic (exact) mass is 319 g/mol. The molecule has 0 spiro atoms. The molecule has 122 valence electrons. The maximum atomic E-state index is 11.8. The van der Waals surface area contributed by atoms with Crippen molar-refractivity contribution in [3.05, 3.63) is 16.4 Å². The molecule has 0 fully saturated rings. The Morgan fingerprint density at radius 2 is 2.10 bits per heavy atom. The van der Waals surface area contributed by atoms with Crippen LogP contribution in [-0.2, 0) is 4.79 Å². The van der Waals surface area contributed by atoms with E-state index in [0.717, 1.165) is 25.5 Å². The predicted molar refractivity (Wildman–Crippen MR) is 84.6 cm³/mol. The lowest BCUT2D eigenvalue weighted by Gasteiger charge is -2.33. The first-order valence-electron chi connectivity index (χ1n) is 6.98. The van der Waals surface area contributed by atoms with Gasteiger partial charge in [0, 0.05) is 17.8 Å². The van der Waals surface area contributed by atoms with Gasteiger partial charge in [0.15, 0.2) is 5.96 Å². The maximum absolute atomic E-state index is 11.8. The van der Waals surface area contributed by atoms with Crippen molar-refractivity contribution in [2.75, 3.05) is 6.54 Å². The second kappa shape index (κ2) is 11.2. The molecule has 8 heteroatoms. The third-order valence-corrected chi connectivity index (χ3v) is 3.10. The van der Waals surface area contributed by atoms with Gasteiger partial charge in [-0.05, 0) is 25.7 Å². The van der Waals surface area contributed by atoms with Crippen LogP contribution >= 0.6 is 11.6 Å². The highest BCUT2D eigenvalue weighted by molar-refractivity contribution is 6.29. The molecule has 0 aliphatic carbocycles. The summed E-state index contributed by atoms with van der Waals surface area (Å²) in [6, 6.07) is -1.18. The highest BCUT2D eigenvalue weighted by atomic mass is 35.5. The lowest BCUT2D eigenvalue weighted by atomic mass is 10.1. The summed E-state index contributed by atoms with van der Waals surface area (Å²) in [6.07, 6.45) is 5.21. The largest absolute Gasteiger partial charge is 0.758 e. The molecule has 5 N–H and O–H groups in total. The zero-order chi connectivity index (χ0) is 16.3. The number of nitrogens with two attached hydrogens (primary N) is 2. The number of halogens is 1. The van der Waals surface area contributed by atoms with E-state index in [1.165, 1.54) is 0 Å². The Kier molecular flexibility index (Phi) is 10.4. The van der Waals surface area contributed by atoms with Crippen molar-refractivity contribution in [3.63, 3.8) is 0 Å². The van der Waals surface area contributed by atoms with Crippen molar-refractivity contribution in [1.29, 1.82) is 0 Å². The zero-order valence-electron chi connectivity index (χ0n) is 12.3. The number of allylic oxidation sites excluding steroid dienone is 1. The highest BCUT2D eigenvalue weighted by Crippen LogP contribution is 2.16. The summed E-state index contributed by atoms with van der Waals surface area (Å²) in [5.41, 5.74) is 10.3. The number of hydroxylamine groups is 2. The zero-order valence-corrected chi connectivity index (χ0v) is 13.1. The van der Waals surface area contributed by atoms with Gasteiger partial charge in [0.2, 0.25) is 0 Å². The van der Waals surface area contributed by atoms with Gasteiger partial charge < -0.3 is 26.8 Å². The number of aliphatic imine (C=N–C) groups is 1. The normalized spacial score (nSPS) is 12.8. The van der Waals surface area contributed by atoms with Crippen LogP contribution in [0.15, 0.2) is 16.2 Å². The summed E-state index contributed by atoms with van der Waals surface area (Å²) >= 11 is 5.93. The minimum Gasteiger partial charge on any atom is -0.758 e. The van der Waals surface area contributed by atoms with E-state index >= 15 is 0 Å². The molecule has 0 heterocycles. The number of carbonyl (C=O) groups is 1. The van der Waals surface area contributed by atoms with Gasteiger partial charge in [0.25, 0.3) is 0 Å². The molecule has 0 saturated carbocycles. The first-order valence-corrected chi connectivity index (χ1v) is 7.36.